The molecule has 0 amide bonds. The zero-order chi connectivity index (χ0) is 12.3. The molecule has 0 saturated carbocycles. The lowest BCUT2D eigenvalue weighted by Gasteiger charge is -2.33. The zero-order valence-corrected chi connectivity index (χ0v) is 12.3. The predicted molar refractivity (Wildman–Crippen MR) is 74.8 cm³/mol. The summed E-state index contributed by atoms with van der Waals surface area (Å²) < 4.78 is 2.04. The molecule has 1 aliphatic heterocycles. The standard InChI is InChI=1S/C12H23N5.ClH/c1-10(2)7-17-12(14-9-15-17)8-16-5-4-13-6-11(16)3;/h9-11,13H,4-8H2,1-3H3;1H. The lowest BCUT2D eigenvalue weighted by atomic mass is 10.2. The van der Waals surface area contributed by atoms with E-state index in [4.69, 9.17) is 0 Å². The second kappa shape index (κ2) is 7.07. The van der Waals surface area contributed by atoms with Crippen molar-refractivity contribution >= 4 is 12.4 Å². The smallest absolute Gasteiger partial charge is 0.141 e. The van der Waals surface area contributed by atoms with E-state index >= 15 is 0 Å². The Morgan fingerprint density at radius 3 is 2.94 bits per heavy atom. The molecule has 6 heteroatoms. The van der Waals surface area contributed by atoms with Gasteiger partial charge in [0.2, 0.25) is 0 Å². The van der Waals surface area contributed by atoms with E-state index in [0.717, 1.165) is 38.5 Å². The van der Waals surface area contributed by atoms with Gasteiger partial charge in [-0.05, 0) is 12.8 Å². The van der Waals surface area contributed by atoms with E-state index < -0.39 is 0 Å². The summed E-state index contributed by atoms with van der Waals surface area (Å²) in [7, 11) is 0. The lowest BCUT2D eigenvalue weighted by Crippen LogP contribution is -2.49. The molecule has 0 bridgehead atoms. The molecule has 1 N–H and O–H groups in total. The molecular formula is C12H24ClN5. The van der Waals surface area contributed by atoms with Crippen LogP contribution in [0.1, 0.15) is 26.6 Å². The summed E-state index contributed by atoms with van der Waals surface area (Å²) in [5, 5.41) is 7.72. The Morgan fingerprint density at radius 1 is 1.50 bits per heavy atom. The maximum absolute atomic E-state index is 4.39. The van der Waals surface area contributed by atoms with Gasteiger partial charge in [0.15, 0.2) is 0 Å². The number of nitrogens with zero attached hydrogens (tertiary/aromatic N) is 4. The minimum atomic E-state index is 0. The van der Waals surface area contributed by atoms with Crippen molar-refractivity contribution in [2.75, 3.05) is 19.6 Å². The van der Waals surface area contributed by atoms with Crippen molar-refractivity contribution in [2.24, 2.45) is 5.92 Å². The molecule has 1 fully saturated rings. The fourth-order valence-corrected chi connectivity index (χ4v) is 2.21. The highest BCUT2D eigenvalue weighted by Gasteiger charge is 2.20. The Morgan fingerprint density at radius 2 is 2.28 bits per heavy atom. The highest BCUT2D eigenvalue weighted by molar-refractivity contribution is 5.85. The van der Waals surface area contributed by atoms with Crippen molar-refractivity contribution in [1.82, 2.24) is 25.0 Å². The van der Waals surface area contributed by atoms with Gasteiger partial charge in [-0.3, -0.25) is 4.90 Å². The number of halogens is 1. The number of hydrogen-bond donors (Lipinski definition) is 1. The molecule has 0 spiro atoms. The number of nitrogens with one attached hydrogen (secondary N) is 1. The third-order valence-corrected chi connectivity index (χ3v) is 3.22. The maximum Gasteiger partial charge on any atom is 0.141 e. The van der Waals surface area contributed by atoms with Gasteiger partial charge in [0.25, 0.3) is 0 Å². The quantitative estimate of drug-likeness (QED) is 0.894. The van der Waals surface area contributed by atoms with Crippen molar-refractivity contribution in [3.8, 4) is 0 Å². The Kier molecular flexibility index (Phi) is 6.05. The summed E-state index contributed by atoms with van der Waals surface area (Å²) in [5.41, 5.74) is 0. The van der Waals surface area contributed by atoms with Crippen LogP contribution in [0.2, 0.25) is 0 Å². The third kappa shape index (κ3) is 3.93. The van der Waals surface area contributed by atoms with Crippen molar-refractivity contribution < 1.29 is 0 Å². The minimum absolute atomic E-state index is 0. The van der Waals surface area contributed by atoms with E-state index in [2.05, 4.69) is 41.1 Å². The van der Waals surface area contributed by atoms with Gasteiger partial charge in [-0.25, -0.2) is 9.67 Å². The highest BCUT2D eigenvalue weighted by Crippen LogP contribution is 2.09. The molecule has 1 aromatic heterocycles. The first-order valence-corrected chi connectivity index (χ1v) is 6.48. The van der Waals surface area contributed by atoms with E-state index in [-0.39, 0.29) is 12.4 Å². The average molecular weight is 274 g/mol. The second-order valence-corrected chi connectivity index (χ2v) is 5.28. The van der Waals surface area contributed by atoms with Crippen LogP contribution in [0.4, 0.5) is 0 Å². The summed E-state index contributed by atoms with van der Waals surface area (Å²) in [5.74, 6) is 1.70. The summed E-state index contributed by atoms with van der Waals surface area (Å²) in [6.07, 6.45) is 1.67. The van der Waals surface area contributed by atoms with E-state index in [1.54, 1.807) is 6.33 Å². The first kappa shape index (κ1) is 15.4. The van der Waals surface area contributed by atoms with Crippen molar-refractivity contribution in [3.63, 3.8) is 0 Å². The monoisotopic (exact) mass is 273 g/mol. The molecule has 2 heterocycles. The van der Waals surface area contributed by atoms with Gasteiger partial charge >= 0.3 is 0 Å². The molecule has 1 aromatic rings. The molecule has 1 saturated heterocycles. The fraction of sp³-hybridized carbons (Fsp3) is 0.833. The summed E-state index contributed by atoms with van der Waals surface area (Å²) in [6.45, 7) is 11.8. The van der Waals surface area contributed by atoms with Crippen LogP contribution in [-0.2, 0) is 13.1 Å². The van der Waals surface area contributed by atoms with E-state index in [0.29, 0.717) is 12.0 Å². The summed E-state index contributed by atoms with van der Waals surface area (Å²) in [6, 6.07) is 0.577. The van der Waals surface area contributed by atoms with Crippen LogP contribution < -0.4 is 5.32 Å². The number of rotatable bonds is 4. The maximum atomic E-state index is 4.39. The van der Waals surface area contributed by atoms with Crippen LogP contribution in [0.3, 0.4) is 0 Å². The van der Waals surface area contributed by atoms with Gasteiger partial charge in [0.1, 0.15) is 12.2 Å². The molecule has 2 rings (SSSR count). The van der Waals surface area contributed by atoms with Crippen LogP contribution in [-0.4, -0.2) is 45.3 Å². The average Bonchev–Trinajstić information content (AvgIpc) is 2.68. The molecular weight excluding hydrogens is 250 g/mol. The SMILES string of the molecule is CC(C)Cn1ncnc1CN1CCNCC1C.Cl. The van der Waals surface area contributed by atoms with Crippen molar-refractivity contribution in [3.05, 3.63) is 12.2 Å². The molecule has 1 unspecified atom stereocenters. The topological polar surface area (TPSA) is 46.0 Å². The van der Waals surface area contributed by atoms with Gasteiger partial charge in [-0.2, -0.15) is 5.10 Å². The van der Waals surface area contributed by atoms with Gasteiger partial charge in [-0.15, -0.1) is 12.4 Å². The predicted octanol–water partition coefficient (Wildman–Crippen LogP) is 1.15. The van der Waals surface area contributed by atoms with Gasteiger partial charge < -0.3 is 5.32 Å². The van der Waals surface area contributed by atoms with E-state index in [1.165, 1.54) is 0 Å². The molecule has 18 heavy (non-hydrogen) atoms. The van der Waals surface area contributed by atoms with Crippen LogP contribution >= 0.6 is 12.4 Å². The first-order valence-electron chi connectivity index (χ1n) is 6.48. The molecule has 5 nitrogen and oxygen atoms in total. The van der Waals surface area contributed by atoms with Crippen molar-refractivity contribution in [2.45, 2.75) is 39.9 Å². The normalized spacial score (nSPS) is 21.0. The van der Waals surface area contributed by atoms with Crippen LogP contribution in [0.5, 0.6) is 0 Å². The lowest BCUT2D eigenvalue weighted by molar-refractivity contribution is 0.158. The van der Waals surface area contributed by atoms with E-state index in [1.807, 2.05) is 4.68 Å². The highest BCUT2D eigenvalue weighted by atomic mass is 35.5. The summed E-state index contributed by atoms with van der Waals surface area (Å²) in [4.78, 5) is 6.86. The third-order valence-electron chi connectivity index (χ3n) is 3.22. The van der Waals surface area contributed by atoms with Crippen LogP contribution in [0.15, 0.2) is 6.33 Å². The molecule has 104 valence electrons. The fourth-order valence-electron chi connectivity index (χ4n) is 2.21. The second-order valence-electron chi connectivity index (χ2n) is 5.28. The Labute approximate surface area is 115 Å². The van der Waals surface area contributed by atoms with Crippen LogP contribution in [0, 0.1) is 5.92 Å². The molecule has 1 atom stereocenters. The number of hydrogen-bond acceptors (Lipinski definition) is 4. The molecule has 0 aliphatic carbocycles. The van der Waals surface area contributed by atoms with Gasteiger partial charge in [0, 0.05) is 32.2 Å². The van der Waals surface area contributed by atoms with Gasteiger partial charge in [0.05, 0.1) is 6.54 Å². The van der Waals surface area contributed by atoms with Gasteiger partial charge in [-0.1, -0.05) is 13.8 Å². The summed E-state index contributed by atoms with van der Waals surface area (Å²) >= 11 is 0. The minimum Gasteiger partial charge on any atom is -0.314 e. The zero-order valence-electron chi connectivity index (χ0n) is 11.5. The van der Waals surface area contributed by atoms with Crippen molar-refractivity contribution in [1.29, 1.82) is 0 Å². The largest absolute Gasteiger partial charge is 0.314 e. The molecule has 1 aliphatic rings. The molecule has 0 aromatic carbocycles. The Balaban J connectivity index is 0.00000162. The Hall–Kier alpha value is -0.650. The number of piperazine rings is 1. The Bertz CT molecular complexity index is 352. The van der Waals surface area contributed by atoms with E-state index in [9.17, 15) is 0 Å². The van der Waals surface area contributed by atoms with Crippen LogP contribution in [0.25, 0.3) is 0 Å². The molecule has 0 radical (unpaired) electrons. The number of aromatic nitrogens is 3. The first-order chi connectivity index (χ1) is 8.16.